The Kier molecular flexibility index (Phi) is 2.97. The van der Waals surface area contributed by atoms with E-state index in [0.29, 0.717) is 6.42 Å². The van der Waals surface area contributed by atoms with Crippen molar-refractivity contribution in [1.29, 1.82) is 0 Å². The third-order valence-corrected chi connectivity index (χ3v) is 4.00. The quantitative estimate of drug-likeness (QED) is 0.772. The van der Waals surface area contributed by atoms with Crippen LogP contribution in [0.25, 0.3) is 0 Å². The van der Waals surface area contributed by atoms with Gasteiger partial charge in [-0.1, -0.05) is 30.4 Å². The van der Waals surface area contributed by atoms with Gasteiger partial charge in [-0.25, -0.2) is 0 Å². The van der Waals surface area contributed by atoms with Crippen LogP contribution in [0.2, 0.25) is 0 Å². The highest BCUT2D eigenvalue weighted by Crippen LogP contribution is 2.50. The molecule has 3 aliphatic rings. The molecule has 0 aromatic carbocycles. The topological polar surface area (TPSA) is 35.5 Å². The number of hydrogen-bond acceptors (Lipinski definition) is 3. The average Bonchev–Trinajstić information content (AvgIpc) is 2.60. The van der Waals surface area contributed by atoms with Gasteiger partial charge in [0.25, 0.3) is 0 Å². The number of allylic oxidation sites excluding steroid dienone is 11. The first kappa shape index (κ1) is 12.7. The molecule has 0 radical (unpaired) electrons. The van der Waals surface area contributed by atoms with Crippen molar-refractivity contribution in [3.05, 3.63) is 71.3 Å². The van der Waals surface area contributed by atoms with Gasteiger partial charge < -0.3 is 9.47 Å². The first-order valence-electron chi connectivity index (χ1n) is 6.53. The molecular weight excluding hydrogens is 252 g/mol. The molecule has 0 amide bonds. The average molecular weight is 268 g/mol. The number of hydrogen-bond donors (Lipinski definition) is 0. The van der Waals surface area contributed by atoms with Gasteiger partial charge in [-0.2, -0.15) is 0 Å². The van der Waals surface area contributed by atoms with Gasteiger partial charge in [0.1, 0.15) is 5.76 Å². The summed E-state index contributed by atoms with van der Waals surface area (Å²) in [6, 6.07) is 0. The van der Waals surface area contributed by atoms with E-state index >= 15 is 0 Å². The maximum atomic E-state index is 12.4. The SMILES string of the molecule is COC1=CC=C2C(=O)C=CC(OC)=C3C=CC=CC23C1. The highest BCUT2D eigenvalue weighted by molar-refractivity contribution is 6.07. The second kappa shape index (κ2) is 4.67. The van der Waals surface area contributed by atoms with Crippen LogP contribution in [0.4, 0.5) is 0 Å². The van der Waals surface area contributed by atoms with Crippen LogP contribution in [0.15, 0.2) is 71.3 Å². The minimum Gasteiger partial charge on any atom is -0.501 e. The molecule has 0 aromatic heterocycles. The Hall–Kier alpha value is -2.29. The molecule has 1 unspecified atom stereocenters. The summed E-state index contributed by atoms with van der Waals surface area (Å²) in [5, 5.41) is 0. The number of carbonyl (C=O) groups excluding carboxylic acids is 1. The normalized spacial score (nSPS) is 27.4. The molecule has 3 heteroatoms. The molecule has 0 N–H and O–H groups in total. The third-order valence-electron chi connectivity index (χ3n) is 4.00. The van der Waals surface area contributed by atoms with Gasteiger partial charge >= 0.3 is 0 Å². The van der Waals surface area contributed by atoms with Crippen molar-refractivity contribution >= 4 is 5.78 Å². The standard InChI is InChI=1S/C17H16O3/c1-19-12-6-7-13-15(18)8-9-16(20-2)14-5-3-4-10-17(13,14)11-12/h3-10H,11H2,1-2H3. The lowest BCUT2D eigenvalue weighted by Gasteiger charge is -2.37. The number of ether oxygens (including phenoxy) is 2. The molecule has 0 aromatic rings. The van der Waals surface area contributed by atoms with Crippen molar-refractivity contribution in [2.24, 2.45) is 5.41 Å². The Morgan fingerprint density at radius 1 is 1.05 bits per heavy atom. The summed E-state index contributed by atoms with van der Waals surface area (Å²) < 4.78 is 10.9. The Bertz CT molecular complexity index is 641. The molecule has 1 atom stereocenters. The molecule has 0 bridgehead atoms. The number of rotatable bonds is 2. The van der Waals surface area contributed by atoms with Crippen LogP contribution in [0.5, 0.6) is 0 Å². The number of ketones is 1. The first-order chi connectivity index (χ1) is 9.71. The molecule has 1 spiro atoms. The first-order valence-corrected chi connectivity index (χ1v) is 6.53. The van der Waals surface area contributed by atoms with E-state index in [1.54, 1.807) is 26.4 Å². The summed E-state index contributed by atoms with van der Waals surface area (Å²) >= 11 is 0. The van der Waals surface area contributed by atoms with Gasteiger partial charge in [0.2, 0.25) is 0 Å². The fourth-order valence-corrected chi connectivity index (χ4v) is 3.01. The second-order valence-corrected chi connectivity index (χ2v) is 4.96. The van der Waals surface area contributed by atoms with E-state index in [0.717, 1.165) is 22.7 Å². The van der Waals surface area contributed by atoms with E-state index in [4.69, 9.17) is 9.47 Å². The van der Waals surface area contributed by atoms with Crippen molar-refractivity contribution in [3.63, 3.8) is 0 Å². The van der Waals surface area contributed by atoms with E-state index in [9.17, 15) is 4.79 Å². The van der Waals surface area contributed by atoms with Crippen molar-refractivity contribution in [1.82, 2.24) is 0 Å². The van der Waals surface area contributed by atoms with E-state index in [-0.39, 0.29) is 5.78 Å². The lowest BCUT2D eigenvalue weighted by molar-refractivity contribution is -0.112. The van der Waals surface area contributed by atoms with Crippen LogP contribution in [0.1, 0.15) is 6.42 Å². The predicted octanol–water partition coefficient (Wildman–Crippen LogP) is 3.00. The van der Waals surface area contributed by atoms with Crippen LogP contribution < -0.4 is 0 Å². The lowest BCUT2D eigenvalue weighted by Crippen LogP contribution is -2.31. The van der Waals surface area contributed by atoms with E-state index in [2.05, 4.69) is 6.08 Å². The minimum atomic E-state index is -0.485. The van der Waals surface area contributed by atoms with Gasteiger partial charge in [0.15, 0.2) is 5.78 Å². The maximum Gasteiger partial charge on any atom is 0.183 e. The van der Waals surface area contributed by atoms with E-state index in [1.807, 2.05) is 30.4 Å². The van der Waals surface area contributed by atoms with Crippen molar-refractivity contribution in [3.8, 4) is 0 Å². The van der Waals surface area contributed by atoms with Crippen LogP contribution in [-0.4, -0.2) is 20.0 Å². The van der Waals surface area contributed by atoms with E-state index in [1.165, 1.54) is 0 Å². The van der Waals surface area contributed by atoms with Crippen LogP contribution >= 0.6 is 0 Å². The number of carbonyl (C=O) groups is 1. The molecule has 0 saturated heterocycles. The number of methoxy groups -OCH3 is 2. The molecule has 102 valence electrons. The van der Waals surface area contributed by atoms with E-state index < -0.39 is 5.41 Å². The molecule has 0 aliphatic heterocycles. The highest BCUT2D eigenvalue weighted by Gasteiger charge is 2.43. The molecular formula is C17H16O3. The molecule has 3 nitrogen and oxygen atoms in total. The zero-order valence-corrected chi connectivity index (χ0v) is 11.6. The summed E-state index contributed by atoms with van der Waals surface area (Å²) in [7, 11) is 3.28. The molecule has 0 saturated carbocycles. The molecule has 20 heavy (non-hydrogen) atoms. The van der Waals surface area contributed by atoms with Crippen LogP contribution in [0.3, 0.4) is 0 Å². The van der Waals surface area contributed by atoms with Gasteiger partial charge in [-0.3, -0.25) is 4.79 Å². The fourth-order valence-electron chi connectivity index (χ4n) is 3.01. The lowest BCUT2D eigenvalue weighted by atomic mass is 9.66. The van der Waals surface area contributed by atoms with Gasteiger partial charge in [0.05, 0.1) is 25.4 Å². The molecule has 0 fully saturated rings. The third kappa shape index (κ3) is 1.70. The van der Waals surface area contributed by atoms with Crippen LogP contribution in [0, 0.1) is 5.41 Å². The molecule has 3 aliphatic carbocycles. The second-order valence-electron chi connectivity index (χ2n) is 4.96. The molecule has 0 heterocycles. The monoisotopic (exact) mass is 268 g/mol. The fraction of sp³-hybridized carbons (Fsp3) is 0.235. The van der Waals surface area contributed by atoms with Crippen molar-refractivity contribution < 1.29 is 14.3 Å². The Morgan fingerprint density at radius 2 is 1.90 bits per heavy atom. The zero-order chi connectivity index (χ0) is 14.2. The summed E-state index contributed by atoms with van der Waals surface area (Å²) in [6.45, 7) is 0. The Labute approximate surface area is 118 Å². The summed E-state index contributed by atoms with van der Waals surface area (Å²) in [6.07, 6.45) is 15.7. The minimum absolute atomic E-state index is 0.0147. The largest absolute Gasteiger partial charge is 0.501 e. The van der Waals surface area contributed by atoms with Crippen LogP contribution in [-0.2, 0) is 14.3 Å². The van der Waals surface area contributed by atoms with Crippen molar-refractivity contribution in [2.75, 3.05) is 14.2 Å². The maximum absolute atomic E-state index is 12.4. The Morgan fingerprint density at radius 3 is 2.65 bits per heavy atom. The smallest absolute Gasteiger partial charge is 0.183 e. The van der Waals surface area contributed by atoms with Gasteiger partial charge in [-0.15, -0.1) is 0 Å². The van der Waals surface area contributed by atoms with Gasteiger partial charge in [-0.05, 0) is 18.2 Å². The summed E-state index contributed by atoms with van der Waals surface area (Å²) in [5.74, 6) is 1.59. The Balaban J connectivity index is 2.26. The summed E-state index contributed by atoms with van der Waals surface area (Å²) in [5.41, 5.74) is 1.27. The summed E-state index contributed by atoms with van der Waals surface area (Å²) in [4.78, 5) is 12.4. The predicted molar refractivity (Wildman–Crippen MR) is 76.7 cm³/mol. The molecule has 3 rings (SSSR count). The zero-order valence-electron chi connectivity index (χ0n) is 11.6. The highest BCUT2D eigenvalue weighted by atomic mass is 16.5. The van der Waals surface area contributed by atoms with Crippen molar-refractivity contribution in [2.45, 2.75) is 6.42 Å². The van der Waals surface area contributed by atoms with Gasteiger partial charge in [0, 0.05) is 17.6 Å².